The maximum absolute atomic E-state index is 14.2. The lowest BCUT2D eigenvalue weighted by molar-refractivity contribution is -0.127. The van der Waals surface area contributed by atoms with E-state index in [-0.39, 0.29) is 35.9 Å². The van der Waals surface area contributed by atoms with Crippen LogP contribution in [0.5, 0.6) is 11.5 Å². The van der Waals surface area contributed by atoms with Crippen molar-refractivity contribution >= 4 is 28.5 Å². The Kier molecular flexibility index (Phi) is 7.76. The van der Waals surface area contributed by atoms with E-state index in [9.17, 15) is 14.7 Å². The summed E-state index contributed by atoms with van der Waals surface area (Å²) in [6.45, 7) is 1.82. The van der Waals surface area contributed by atoms with E-state index in [1.165, 1.54) is 18.1 Å². The molecule has 202 valence electrons. The van der Waals surface area contributed by atoms with Crippen molar-refractivity contribution in [2.45, 2.75) is 57.7 Å². The van der Waals surface area contributed by atoms with Crippen LogP contribution in [0, 0.1) is 6.92 Å². The predicted molar refractivity (Wildman–Crippen MR) is 149 cm³/mol. The summed E-state index contributed by atoms with van der Waals surface area (Å²) in [5.74, 6) is -0.461. The van der Waals surface area contributed by atoms with Crippen LogP contribution in [-0.2, 0) is 16.1 Å². The highest BCUT2D eigenvalue weighted by Crippen LogP contribution is 2.35. The minimum Gasteiger partial charge on any atom is -0.504 e. The number of rotatable bonds is 8. The van der Waals surface area contributed by atoms with Crippen LogP contribution in [0.3, 0.4) is 0 Å². The van der Waals surface area contributed by atoms with Crippen molar-refractivity contribution in [3.05, 3.63) is 77.9 Å². The molecule has 1 heterocycles. The molecule has 1 aliphatic carbocycles. The van der Waals surface area contributed by atoms with E-state index >= 15 is 0 Å². The first kappa shape index (κ1) is 26.2. The van der Waals surface area contributed by atoms with Gasteiger partial charge in [0.05, 0.1) is 12.6 Å². The molecule has 1 saturated carbocycles. The van der Waals surface area contributed by atoms with Crippen molar-refractivity contribution < 1.29 is 19.4 Å². The van der Waals surface area contributed by atoms with Crippen LogP contribution in [0.25, 0.3) is 11.0 Å². The number of carbonyl (C=O) groups is 2. The molecule has 1 aliphatic rings. The van der Waals surface area contributed by atoms with Gasteiger partial charge in [-0.3, -0.25) is 14.5 Å². The zero-order chi connectivity index (χ0) is 27.4. The van der Waals surface area contributed by atoms with Crippen LogP contribution in [0.15, 0.2) is 66.7 Å². The van der Waals surface area contributed by atoms with Crippen LogP contribution in [0.2, 0.25) is 0 Å². The average molecular weight is 528 g/mol. The van der Waals surface area contributed by atoms with Crippen LogP contribution >= 0.6 is 0 Å². The van der Waals surface area contributed by atoms with Gasteiger partial charge in [-0.05, 0) is 67.3 Å². The molecule has 9 heteroatoms. The van der Waals surface area contributed by atoms with Gasteiger partial charge in [0.1, 0.15) is 18.1 Å². The third-order valence-electron chi connectivity index (χ3n) is 7.23. The summed E-state index contributed by atoms with van der Waals surface area (Å²) in [6, 6.07) is 18.7. The van der Waals surface area contributed by atoms with Crippen LogP contribution < -0.4 is 15.0 Å². The van der Waals surface area contributed by atoms with Crippen LogP contribution in [0.4, 0.5) is 5.69 Å². The quantitative estimate of drug-likeness (QED) is 0.344. The van der Waals surface area contributed by atoms with Crippen molar-refractivity contribution in [1.29, 1.82) is 0 Å². The summed E-state index contributed by atoms with van der Waals surface area (Å²) in [5, 5.41) is 22.2. The number of aromatic nitrogens is 3. The minimum atomic E-state index is -1.03. The fourth-order valence-corrected chi connectivity index (χ4v) is 5.28. The number of carbonyl (C=O) groups excluding carboxylic acids is 2. The van der Waals surface area contributed by atoms with Gasteiger partial charge in [0.25, 0.3) is 0 Å². The number of phenolic OH excluding ortho intramolecular Hbond substituents is 1. The summed E-state index contributed by atoms with van der Waals surface area (Å²) in [6.07, 6.45) is 5.06. The summed E-state index contributed by atoms with van der Waals surface area (Å²) >= 11 is 0. The number of amides is 2. The zero-order valence-electron chi connectivity index (χ0n) is 22.2. The van der Waals surface area contributed by atoms with Gasteiger partial charge in [0.2, 0.25) is 11.8 Å². The molecule has 1 atom stereocenters. The smallest absolute Gasteiger partial charge is 0.249 e. The van der Waals surface area contributed by atoms with Crippen molar-refractivity contribution in [2.24, 2.45) is 0 Å². The van der Waals surface area contributed by atoms with Gasteiger partial charge in [0, 0.05) is 11.7 Å². The van der Waals surface area contributed by atoms with E-state index < -0.39 is 6.04 Å². The molecule has 0 spiro atoms. The first-order valence-electron chi connectivity index (χ1n) is 13.3. The van der Waals surface area contributed by atoms with E-state index in [4.69, 9.17) is 4.74 Å². The van der Waals surface area contributed by atoms with Gasteiger partial charge in [-0.25, -0.2) is 4.68 Å². The fraction of sp³-hybridized carbons (Fsp3) is 0.333. The van der Waals surface area contributed by atoms with Gasteiger partial charge in [-0.2, -0.15) is 0 Å². The number of nitrogens with one attached hydrogen (secondary N) is 1. The van der Waals surface area contributed by atoms with Gasteiger partial charge >= 0.3 is 0 Å². The Labute approximate surface area is 227 Å². The number of benzene rings is 3. The number of ether oxygens (including phenoxy) is 1. The van der Waals surface area contributed by atoms with Gasteiger partial charge in [-0.15, -0.1) is 5.10 Å². The lowest BCUT2D eigenvalue weighted by Crippen LogP contribution is -2.48. The number of anilines is 1. The summed E-state index contributed by atoms with van der Waals surface area (Å²) in [4.78, 5) is 29.7. The van der Waals surface area contributed by atoms with E-state index in [1.54, 1.807) is 16.8 Å². The van der Waals surface area contributed by atoms with Gasteiger partial charge in [0.15, 0.2) is 11.5 Å². The summed E-state index contributed by atoms with van der Waals surface area (Å²) in [7, 11) is 1.47. The third-order valence-corrected chi connectivity index (χ3v) is 7.23. The number of aryl methyl sites for hydroxylation is 1. The standard InChI is InChI=1S/C30H33N5O4/c1-20-9-8-12-23(17-20)35(28(37)19-34-25-14-7-6-13-24(25)32-33-34)29(21-15-16-27(39-2)26(36)18-21)30(38)31-22-10-4-3-5-11-22/h6-9,12-18,22,29,36H,3-5,10-11,19H2,1-2H3,(H,31,38). The average Bonchev–Trinajstić information content (AvgIpc) is 3.34. The molecular formula is C30H33N5O4. The van der Waals surface area contributed by atoms with Crippen LogP contribution in [0.1, 0.15) is 49.3 Å². The number of fused-ring (bicyclic) bond motifs is 1. The highest BCUT2D eigenvalue weighted by molar-refractivity contribution is 6.01. The molecule has 39 heavy (non-hydrogen) atoms. The Balaban J connectivity index is 1.59. The number of methoxy groups -OCH3 is 1. The maximum Gasteiger partial charge on any atom is 0.249 e. The van der Waals surface area contributed by atoms with Gasteiger partial charge < -0.3 is 15.2 Å². The second-order valence-corrected chi connectivity index (χ2v) is 10.0. The van der Waals surface area contributed by atoms with E-state index in [2.05, 4.69) is 15.6 Å². The molecule has 1 fully saturated rings. The number of para-hydroxylation sites is 1. The first-order chi connectivity index (χ1) is 18.9. The molecule has 4 aromatic rings. The molecule has 5 rings (SSSR count). The molecular weight excluding hydrogens is 494 g/mol. The molecule has 9 nitrogen and oxygen atoms in total. The third kappa shape index (κ3) is 5.72. The molecule has 2 amide bonds. The molecule has 0 bridgehead atoms. The molecule has 0 aliphatic heterocycles. The van der Waals surface area contributed by atoms with Crippen molar-refractivity contribution in [1.82, 2.24) is 20.3 Å². The first-order valence-corrected chi connectivity index (χ1v) is 13.3. The zero-order valence-corrected chi connectivity index (χ0v) is 22.2. The second kappa shape index (κ2) is 11.6. The Morgan fingerprint density at radius 1 is 1.08 bits per heavy atom. The lowest BCUT2D eigenvalue weighted by Gasteiger charge is -2.33. The van der Waals surface area contributed by atoms with E-state index in [0.717, 1.165) is 43.2 Å². The maximum atomic E-state index is 14.2. The number of hydrogen-bond acceptors (Lipinski definition) is 6. The monoisotopic (exact) mass is 527 g/mol. The van der Waals surface area contributed by atoms with E-state index in [1.807, 2.05) is 55.5 Å². The normalized spacial score (nSPS) is 14.6. The van der Waals surface area contributed by atoms with Crippen molar-refractivity contribution in [3.8, 4) is 11.5 Å². The van der Waals surface area contributed by atoms with Crippen molar-refractivity contribution in [2.75, 3.05) is 12.0 Å². The van der Waals surface area contributed by atoms with E-state index in [0.29, 0.717) is 16.8 Å². The Hall–Kier alpha value is -4.40. The predicted octanol–water partition coefficient (Wildman–Crippen LogP) is 4.68. The minimum absolute atomic E-state index is 0.0364. The largest absolute Gasteiger partial charge is 0.504 e. The highest BCUT2D eigenvalue weighted by atomic mass is 16.5. The van der Waals surface area contributed by atoms with Crippen LogP contribution in [-0.4, -0.2) is 45.1 Å². The molecule has 1 unspecified atom stereocenters. The Bertz CT molecular complexity index is 1480. The second-order valence-electron chi connectivity index (χ2n) is 10.0. The number of phenols is 1. The molecule has 2 N–H and O–H groups in total. The van der Waals surface area contributed by atoms with Gasteiger partial charge in [-0.1, -0.05) is 54.8 Å². The summed E-state index contributed by atoms with van der Waals surface area (Å²) in [5.41, 5.74) is 3.39. The number of hydrogen-bond donors (Lipinski definition) is 2. The number of nitrogens with zero attached hydrogens (tertiary/aromatic N) is 4. The van der Waals surface area contributed by atoms with Crippen molar-refractivity contribution in [3.63, 3.8) is 0 Å². The highest BCUT2D eigenvalue weighted by Gasteiger charge is 2.35. The Morgan fingerprint density at radius 2 is 1.87 bits per heavy atom. The summed E-state index contributed by atoms with van der Waals surface area (Å²) < 4.78 is 6.78. The topological polar surface area (TPSA) is 110 Å². The fourth-order valence-electron chi connectivity index (χ4n) is 5.28. The lowest BCUT2D eigenvalue weighted by atomic mass is 9.94. The molecule has 0 saturated heterocycles. The molecule has 1 aromatic heterocycles. The number of aromatic hydroxyl groups is 1. The molecule has 0 radical (unpaired) electrons. The Morgan fingerprint density at radius 3 is 2.62 bits per heavy atom. The molecule has 3 aromatic carbocycles. The SMILES string of the molecule is COc1ccc(C(C(=O)NC2CCCCC2)N(C(=O)Cn2nnc3ccccc32)c2cccc(C)c2)cc1O.